The molecular weight excluding hydrogens is 210 g/mol. The van der Waals surface area contributed by atoms with E-state index in [-0.39, 0.29) is 4.75 Å². The van der Waals surface area contributed by atoms with Crippen LogP contribution in [-0.4, -0.2) is 25.3 Å². The van der Waals surface area contributed by atoms with Gasteiger partial charge in [0.15, 0.2) is 0 Å². The van der Waals surface area contributed by atoms with Gasteiger partial charge >= 0.3 is 0 Å². The van der Waals surface area contributed by atoms with Crippen molar-refractivity contribution in [3.63, 3.8) is 0 Å². The molecule has 1 rings (SSSR count). The molecule has 0 aliphatic heterocycles. The Bertz CT molecular complexity index is 365. The maximum atomic E-state index is 11.6. The van der Waals surface area contributed by atoms with Crippen LogP contribution >= 0.6 is 0 Å². The van der Waals surface area contributed by atoms with Crippen LogP contribution in [0.25, 0.3) is 0 Å². The molecule has 0 aliphatic rings. The first-order chi connectivity index (χ1) is 6.82. The zero-order valence-electron chi connectivity index (χ0n) is 9.81. The van der Waals surface area contributed by atoms with E-state index in [2.05, 4.69) is 9.50 Å². The maximum Gasteiger partial charge on any atom is 0.144 e. The Labute approximate surface area is 93.7 Å². The third kappa shape index (κ3) is 3.07. The predicted molar refractivity (Wildman–Crippen MR) is 63.4 cm³/mol. The molecule has 15 heavy (non-hydrogen) atoms. The fraction of sp³-hybridized carbons (Fsp3) is 0.600. The van der Waals surface area contributed by atoms with Gasteiger partial charge in [0, 0.05) is 18.3 Å². The summed E-state index contributed by atoms with van der Waals surface area (Å²) in [7, 11) is 1.87. The van der Waals surface area contributed by atoms with Crippen molar-refractivity contribution >= 4 is 17.6 Å². The van der Waals surface area contributed by atoms with Gasteiger partial charge in [0.05, 0.1) is 12.4 Å². The number of nitrogens with zero attached hydrogens (tertiary/aromatic N) is 3. The van der Waals surface area contributed by atoms with Crippen molar-refractivity contribution in [2.24, 2.45) is 11.4 Å². The molecule has 4 nitrogen and oxygen atoms in total. The molecule has 0 saturated carbocycles. The lowest BCUT2D eigenvalue weighted by molar-refractivity contribution is 0.562. The Hall–Kier alpha value is -0.810. The molecule has 1 atom stereocenters. The fourth-order valence-electron chi connectivity index (χ4n) is 0.905. The molecule has 5 heteroatoms. The first-order valence-electron chi connectivity index (χ1n) is 4.77. The number of hydrogen-bond acceptors (Lipinski definition) is 3. The van der Waals surface area contributed by atoms with Crippen LogP contribution in [0.1, 0.15) is 32.0 Å². The van der Waals surface area contributed by atoms with E-state index in [0.717, 1.165) is 11.3 Å². The SMILES string of the molecule is Cc1c(/C=N/[S+]([O-])C(C)(C)C)cnn1C. The summed E-state index contributed by atoms with van der Waals surface area (Å²) in [5.74, 6) is 0. The highest BCUT2D eigenvalue weighted by molar-refractivity contribution is 7.91. The Morgan fingerprint density at radius 3 is 2.53 bits per heavy atom. The summed E-state index contributed by atoms with van der Waals surface area (Å²) in [6.45, 7) is 7.65. The zero-order chi connectivity index (χ0) is 11.6. The van der Waals surface area contributed by atoms with Crippen molar-refractivity contribution in [1.82, 2.24) is 9.78 Å². The Morgan fingerprint density at radius 2 is 2.13 bits per heavy atom. The monoisotopic (exact) mass is 227 g/mol. The van der Waals surface area contributed by atoms with Crippen molar-refractivity contribution in [3.8, 4) is 0 Å². The van der Waals surface area contributed by atoms with Crippen LogP contribution in [0.2, 0.25) is 0 Å². The van der Waals surface area contributed by atoms with E-state index in [1.807, 2.05) is 34.7 Å². The molecule has 0 bridgehead atoms. The summed E-state index contributed by atoms with van der Waals surface area (Å²) in [5.41, 5.74) is 1.93. The van der Waals surface area contributed by atoms with Crippen LogP contribution in [0.4, 0.5) is 0 Å². The minimum Gasteiger partial charge on any atom is -0.591 e. The molecule has 1 unspecified atom stereocenters. The molecular formula is C10H17N3OS. The van der Waals surface area contributed by atoms with Crippen LogP contribution < -0.4 is 0 Å². The molecule has 0 fully saturated rings. The third-order valence-corrected chi connectivity index (χ3v) is 3.43. The molecule has 0 aliphatic carbocycles. The maximum absolute atomic E-state index is 11.6. The molecule has 0 aromatic carbocycles. The van der Waals surface area contributed by atoms with E-state index < -0.39 is 11.4 Å². The highest BCUT2D eigenvalue weighted by atomic mass is 32.2. The molecule has 1 aromatic heterocycles. The van der Waals surface area contributed by atoms with Crippen molar-refractivity contribution in [3.05, 3.63) is 17.5 Å². The number of aromatic nitrogens is 2. The fourth-order valence-corrected chi connectivity index (χ4v) is 1.43. The highest BCUT2D eigenvalue weighted by Gasteiger charge is 2.25. The summed E-state index contributed by atoms with van der Waals surface area (Å²) < 4.78 is 17.1. The van der Waals surface area contributed by atoms with Crippen LogP contribution in [0.3, 0.4) is 0 Å². The molecule has 0 amide bonds. The summed E-state index contributed by atoms with van der Waals surface area (Å²) >= 11 is -1.20. The smallest absolute Gasteiger partial charge is 0.144 e. The summed E-state index contributed by atoms with van der Waals surface area (Å²) in [6, 6.07) is 0. The second-order valence-electron chi connectivity index (χ2n) is 4.40. The van der Waals surface area contributed by atoms with Gasteiger partial charge in [-0.25, -0.2) is 0 Å². The van der Waals surface area contributed by atoms with Crippen molar-refractivity contribution in [2.75, 3.05) is 0 Å². The number of rotatable bonds is 2. The van der Waals surface area contributed by atoms with E-state index in [0.29, 0.717) is 0 Å². The van der Waals surface area contributed by atoms with Gasteiger partial charge < -0.3 is 4.55 Å². The van der Waals surface area contributed by atoms with Crippen molar-refractivity contribution in [2.45, 2.75) is 32.4 Å². The Kier molecular flexibility index (Phi) is 3.57. The largest absolute Gasteiger partial charge is 0.591 e. The Morgan fingerprint density at radius 1 is 1.53 bits per heavy atom. The lowest BCUT2D eigenvalue weighted by Gasteiger charge is -2.17. The van der Waals surface area contributed by atoms with Gasteiger partial charge in [-0.1, -0.05) is 4.40 Å². The lowest BCUT2D eigenvalue weighted by Crippen LogP contribution is -2.25. The summed E-state index contributed by atoms with van der Waals surface area (Å²) in [5, 5.41) is 4.08. The van der Waals surface area contributed by atoms with E-state index >= 15 is 0 Å². The second-order valence-corrected chi connectivity index (χ2v) is 6.34. The summed E-state index contributed by atoms with van der Waals surface area (Å²) in [4.78, 5) is 0. The van der Waals surface area contributed by atoms with Crippen LogP contribution in [-0.2, 0) is 18.4 Å². The van der Waals surface area contributed by atoms with Gasteiger partial charge in [-0.3, -0.25) is 4.68 Å². The van der Waals surface area contributed by atoms with Gasteiger partial charge in [-0.15, -0.1) is 0 Å². The van der Waals surface area contributed by atoms with E-state index in [4.69, 9.17) is 0 Å². The first kappa shape index (κ1) is 12.3. The molecule has 1 heterocycles. The normalized spacial score (nSPS) is 14.8. The van der Waals surface area contributed by atoms with Gasteiger partial charge in [-0.2, -0.15) is 5.10 Å². The highest BCUT2D eigenvalue weighted by Crippen LogP contribution is 2.17. The van der Waals surface area contributed by atoms with Crippen molar-refractivity contribution < 1.29 is 4.55 Å². The topological polar surface area (TPSA) is 53.2 Å². The second kappa shape index (κ2) is 4.37. The lowest BCUT2D eigenvalue weighted by atomic mass is 10.3. The first-order valence-corrected chi connectivity index (χ1v) is 5.87. The minimum atomic E-state index is -1.20. The standard InChI is InChI=1S/C10H17N3OS/c1-8-9(6-11-13(8)5)7-12-15(14)10(2,3)4/h6-7H,1-5H3/b12-7+. The van der Waals surface area contributed by atoms with Gasteiger partial charge in [0.2, 0.25) is 0 Å². The zero-order valence-corrected chi connectivity index (χ0v) is 10.6. The Balaban J connectivity index is 2.78. The quantitative estimate of drug-likeness (QED) is 0.569. The van der Waals surface area contributed by atoms with E-state index in [1.54, 1.807) is 17.1 Å². The average molecular weight is 227 g/mol. The van der Waals surface area contributed by atoms with E-state index in [1.165, 1.54) is 0 Å². The summed E-state index contributed by atoms with van der Waals surface area (Å²) in [6.07, 6.45) is 3.35. The molecule has 84 valence electrons. The number of hydrogen-bond donors (Lipinski definition) is 0. The van der Waals surface area contributed by atoms with Gasteiger partial charge in [-0.05, 0) is 27.7 Å². The number of aryl methyl sites for hydroxylation is 1. The molecule has 0 saturated heterocycles. The minimum absolute atomic E-state index is 0.313. The van der Waals surface area contributed by atoms with E-state index in [9.17, 15) is 4.55 Å². The van der Waals surface area contributed by atoms with Crippen LogP contribution in [0.5, 0.6) is 0 Å². The van der Waals surface area contributed by atoms with Crippen LogP contribution in [0, 0.1) is 6.92 Å². The third-order valence-electron chi connectivity index (χ3n) is 2.08. The molecule has 1 aromatic rings. The van der Waals surface area contributed by atoms with Crippen molar-refractivity contribution in [1.29, 1.82) is 0 Å². The van der Waals surface area contributed by atoms with Gasteiger partial charge in [0.25, 0.3) is 0 Å². The predicted octanol–water partition coefficient (Wildman–Crippen LogP) is 1.61. The van der Waals surface area contributed by atoms with Crippen LogP contribution in [0.15, 0.2) is 10.6 Å². The molecule has 0 spiro atoms. The average Bonchev–Trinajstić information content (AvgIpc) is 2.43. The van der Waals surface area contributed by atoms with Gasteiger partial charge in [0.1, 0.15) is 16.1 Å². The molecule has 0 N–H and O–H groups in total. The molecule has 0 radical (unpaired) electrons.